The molecule has 0 amide bonds. The molecule has 0 saturated heterocycles. The fraction of sp³-hybridized carbons (Fsp3) is 0.0833. The molecule has 0 radical (unpaired) electrons. The summed E-state index contributed by atoms with van der Waals surface area (Å²) in [6, 6.07) is 10.4. The molecule has 0 atom stereocenters. The van der Waals surface area contributed by atoms with Gasteiger partial charge in [-0.05, 0) is 11.1 Å². The molecule has 3 heteroatoms. The van der Waals surface area contributed by atoms with Gasteiger partial charge in [-0.2, -0.15) is 0 Å². The molecule has 15 heavy (non-hydrogen) atoms. The first-order valence-electron chi connectivity index (χ1n) is 4.68. The van der Waals surface area contributed by atoms with Crippen molar-refractivity contribution in [1.29, 1.82) is 0 Å². The van der Waals surface area contributed by atoms with Gasteiger partial charge in [0.1, 0.15) is 0 Å². The molecule has 76 valence electrons. The van der Waals surface area contributed by atoms with E-state index in [0.29, 0.717) is 0 Å². The maximum Gasteiger partial charge on any atom is 0.182 e. The van der Waals surface area contributed by atoms with Crippen LogP contribution in [0.25, 0.3) is 11.3 Å². The number of hydrogen-bond acceptors (Lipinski definition) is 2. The quantitative estimate of drug-likeness (QED) is 0.774. The van der Waals surface area contributed by atoms with E-state index in [-0.39, 0.29) is 12.0 Å². The fourth-order valence-electron chi connectivity index (χ4n) is 1.40. The Morgan fingerprint density at radius 3 is 2.47 bits per heavy atom. The van der Waals surface area contributed by atoms with Gasteiger partial charge in [-0.25, -0.2) is 0 Å². The van der Waals surface area contributed by atoms with Crippen LogP contribution in [0.15, 0.2) is 47.4 Å². The van der Waals surface area contributed by atoms with Crippen LogP contribution in [0.4, 0.5) is 0 Å². The van der Waals surface area contributed by atoms with Gasteiger partial charge >= 0.3 is 0 Å². The molecule has 0 aliphatic rings. The second-order valence-electron chi connectivity index (χ2n) is 3.29. The summed E-state index contributed by atoms with van der Waals surface area (Å²) in [7, 11) is 0. The van der Waals surface area contributed by atoms with Crippen molar-refractivity contribution in [3.63, 3.8) is 0 Å². The van der Waals surface area contributed by atoms with Crippen LogP contribution in [0.2, 0.25) is 0 Å². The van der Waals surface area contributed by atoms with Crippen molar-refractivity contribution < 1.29 is 5.11 Å². The standard InChI is InChI=1S/C12H11NO2/c14-8-9-1-3-10(4-2-9)12-7-11(15)5-6-13-12/h1-7,14H,8H2,(H,13,15). The van der Waals surface area contributed by atoms with E-state index in [1.165, 1.54) is 6.07 Å². The molecule has 0 saturated carbocycles. The number of aromatic nitrogens is 1. The average Bonchev–Trinajstić information content (AvgIpc) is 2.29. The molecule has 2 aromatic rings. The Morgan fingerprint density at radius 2 is 1.87 bits per heavy atom. The molecule has 3 nitrogen and oxygen atoms in total. The zero-order valence-electron chi connectivity index (χ0n) is 8.10. The minimum Gasteiger partial charge on any atom is -0.392 e. The molecule has 2 rings (SSSR count). The highest BCUT2D eigenvalue weighted by molar-refractivity contribution is 5.58. The summed E-state index contributed by atoms with van der Waals surface area (Å²) < 4.78 is 0. The molecular weight excluding hydrogens is 190 g/mol. The minimum atomic E-state index is -0.0185. The largest absolute Gasteiger partial charge is 0.392 e. The molecule has 2 N–H and O–H groups in total. The number of aromatic amines is 1. The van der Waals surface area contributed by atoms with E-state index in [1.807, 2.05) is 24.3 Å². The topological polar surface area (TPSA) is 53.1 Å². The van der Waals surface area contributed by atoms with Crippen molar-refractivity contribution in [3.8, 4) is 11.3 Å². The Balaban J connectivity index is 2.41. The lowest BCUT2D eigenvalue weighted by molar-refractivity contribution is 0.282. The maximum absolute atomic E-state index is 11.1. The maximum atomic E-state index is 11.1. The van der Waals surface area contributed by atoms with E-state index in [2.05, 4.69) is 4.98 Å². The predicted octanol–water partition coefficient (Wildman–Crippen LogP) is 1.53. The molecule has 1 aromatic carbocycles. The van der Waals surface area contributed by atoms with Gasteiger partial charge in [0.2, 0.25) is 0 Å². The highest BCUT2D eigenvalue weighted by Gasteiger charge is 1.98. The zero-order valence-corrected chi connectivity index (χ0v) is 8.10. The van der Waals surface area contributed by atoms with Crippen molar-refractivity contribution in [2.75, 3.05) is 0 Å². The monoisotopic (exact) mass is 201 g/mol. The highest BCUT2D eigenvalue weighted by atomic mass is 16.3. The summed E-state index contributed by atoms with van der Waals surface area (Å²) >= 11 is 0. The predicted molar refractivity (Wildman–Crippen MR) is 58.4 cm³/mol. The fourth-order valence-corrected chi connectivity index (χ4v) is 1.40. The second kappa shape index (κ2) is 4.11. The van der Waals surface area contributed by atoms with Crippen LogP contribution in [-0.2, 0) is 6.61 Å². The number of aliphatic hydroxyl groups is 1. The lowest BCUT2D eigenvalue weighted by Crippen LogP contribution is -1.97. The lowest BCUT2D eigenvalue weighted by atomic mass is 10.1. The van der Waals surface area contributed by atoms with Crippen LogP contribution in [-0.4, -0.2) is 10.1 Å². The number of pyridine rings is 1. The Morgan fingerprint density at radius 1 is 1.13 bits per heavy atom. The Bertz CT molecular complexity index is 500. The third-order valence-electron chi connectivity index (χ3n) is 2.22. The molecule has 0 aliphatic heterocycles. The second-order valence-corrected chi connectivity index (χ2v) is 3.29. The minimum absolute atomic E-state index is 0.0185. The summed E-state index contributed by atoms with van der Waals surface area (Å²) in [4.78, 5) is 14.1. The summed E-state index contributed by atoms with van der Waals surface area (Å²) in [5, 5.41) is 8.89. The van der Waals surface area contributed by atoms with Crippen LogP contribution in [0, 0.1) is 0 Å². The molecular formula is C12H11NO2. The molecule has 1 heterocycles. The SMILES string of the molecule is O=c1cc[nH]c(-c2ccc(CO)cc2)c1. The summed E-state index contributed by atoms with van der Waals surface area (Å²) in [5.74, 6) is 0. The zero-order chi connectivity index (χ0) is 10.7. The van der Waals surface area contributed by atoms with Gasteiger partial charge in [0.15, 0.2) is 5.43 Å². The van der Waals surface area contributed by atoms with Gasteiger partial charge in [0.05, 0.1) is 6.61 Å². The molecule has 0 spiro atoms. The third kappa shape index (κ3) is 2.14. The van der Waals surface area contributed by atoms with Crippen LogP contribution in [0.1, 0.15) is 5.56 Å². The van der Waals surface area contributed by atoms with E-state index in [9.17, 15) is 4.79 Å². The van der Waals surface area contributed by atoms with Crippen molar-refractivity contribution in [2.24, 2.45) is 0 Å². The molecule has 0 bridgehead atoms. The first-order valence-corrected chi connectivity index (χ1v) is 4.68. The number of H-pyrrole nitrogens is 1. The van der Waals surface area contributed by atoms with Crippen LogP contribution >= 0.6 is 0 Å². The van der Waals surface area contributed by atoms with Gasteiger partial charge < -0.3 is 10.1 Å². The Labute approximate surface area is 87.0 Å². The van der Waals surface area contributed by atoms with Crippen LogP contribution < -0.4 is 5.43 Å². The van der Waals surface area contributed by atoms with Gasteiger partial charge in [0, 0.05) is 24.0 Å². The van der Waals surface area contributed by atoms with Gasteiger partial charge in [0.25, 0.3) is 0 Å². The summed E-state index contributed by atoms with van der Waals surface area (Å²) in [6.45, 7) is 0.0333. The Hall–Kier alpha value is -1.87. The molecule has 0 aliphatic carbocycles. The number of rotatable bonds is 2. The highest BCUT2D eigenvalue weighted by Crippen LogP contribution is 2.15. The van der Waals surface area contributed by atoms with E-state index in [1.54, 1.807) is 12.3 Å². The molecule has 1 aromatic heterocycles. The number of aliphatic hydroxyl groups excluding tert-OH is 1. The van der Waals surface area contributed by atoms with Crippen molar-refractivity contribution in [1.82, 2.24) is 4.98 Å². The number of benzene rings is 1. The van der Waals surface area contributed by atoms with Crippen molar-refractivity contribution in [3.05, 3.63) is 58.4 Å². The van der Waals surface area contributed by atoms with E-state index >= 15 is 0 Å². The first kappa shape index (κ1) is 9.68. The first-order chi connectivity index (χ1) is 7.29. The lowest BCUT2D eigenvalue weighted by Gasteiger charge is -2.02. The van der Waals surface area contributed by atoms with Gasteiger partial charge in [-0.1, -0.05) is 24.3 Å². The average molecular weight is 201 g/mol. The van der Waals surface area contributed by atoms with E-state index in [0.717, 1.165) is 16.8 Å². The van der Waals surface area contributed by atoms with Gasteiger partial charge in [-0.15, -0.1) is 0 Å². The number of nitrogens with one attached hydrogen (secondary N) is 1. The Kier molecular flexibility index (Phi) is 2.65. The molecule has 0 fully saturated rings. The number of hydrogen-bond donors (Lipinski definition) is 2. The summed E-state index contributed by atoms with van der Waals surface area (Å²) in [6.07, 6.45) is 1.62. The van der Waals surface area contributed by atoms with E-state index < -0.39 is 0 Å². The summed E-state index contributed by atoms with van der Waals surface area (Å²) in [5.41, 5.74) is 2.56. The smallest absolute Gasteiger partial charge is 0.182 e. The van der Waals surface area contributed by atoms with Crippen molar-refractivity contribution in [2.45, 2.75) is 6.61 Å². The molecule has 0 unspecified atom stereocenters. The van der Waals surface area contributed by atoms with Crippen LogP contribution in [0.5, 0.6) is 0 Å². The van der Waals surface area contributed by atoms with Gasteiger partial charge in [-0.3, -0.25) is 4.79 Å². The normalized spacial score (nSPS) is 10.2. The van der Waals surface area contributed by atoms with Crippen molar-refractivity contribution >= 4 is 0 Å². The van der Waals surface area contributed by atoms with Crippen LogP contribution in [0.3, 0.4) is 0 Å². The van der Waals surface area contributed by atoms with E-state index in [4.69, 9.17) is 5.11 Å². The third-order valence-corrected chi connectivity index (χ3v) is 2.22.